The number of ether oxygens (including phenoxy) is 1. The number of amides is 1. The highest BCUT2D eigenvalue weighted by Gasteiger charge is 2.16. The fraction of sp³-hybridized carbons (Fsp3) is 0.400. The van der Waals surface area contributed by atoms with Crippen LogP contribution in [0.1, 0.15) is 32.4 Å². The van der Waals surface area contributed by atoms with Gasteiger partial charge in [0.15, 0.2) is 4.96 Å². The summed E-state index contributed by atoms with van der Waals surface area (Å²) in [6.45, 7) is 5.85. The molecule has 0 fully saturated rings. The number of hydrogen-bond acceptors (Lipinski definition) is 4. The summed E-state index contributed by atoms with van der Waals surface area (Å²) in [4.78, 5) is 20.2. The van der Waals surface area contributed by atoms with Crippen LogP contribution in [-0.4, -0.2) is 40.4 Å². The van der Waals surface area contributed by atoms with Crippen LogP contribution in [0.2, 0.25) is 0 Å². The van der Waals surface area contributed by atoms with Crippen molar-refractivity contribution in [3.05, 3.63) is 41.5 Å². The smallest absolute Gasteiger partial charge is 0.228 e. The molecule has 6 heteroatoms. The van der Waals surface area contributed by atoms with Crippen LogP contribution in [0, 0.1) is 0 Å². The van der Waals surface area contributed by atoms with E-state index in [1.165, 1.54) is 0 Å². The van der Waals surface area contributed by atoms with E-state index in [4.69, 9.17) is 9.72 Å². The minimum absolute atomic E-state index is 0.188. The van der Waals surface area contributed by atoms with E-state index >= 15 is 0 Å². The van der Waals surface area contributed by atoms with Crippen molar-refractivity contribution >= 4 is 22.2 Å². The molecule has 0 unspecified atom stereocenters. The van der Waals surface area contributed by atoms with Crippen LogP contribution in [0.25, 0.3) is 16.2 Å². The Labute approximate surface area is 158 Å². The Morgan fingerprint density at radius 2 is 1.88 bits per heavy atom. The van der Waals surface area contributed by atoms with Gasteiger partial charge >= 0.3 is 0 Å². The van der Waals surface area contributed by atoms with Crippen LogP contribution < -0.4 is 4.74 Å². The molecule has 3 rings (SSSR count). The van der Waals surface area contributed by atoms with Crippen LogP contribution in [0.5, 0.6) is 5.75 Å². The second-order valence-corrected chi connectivity index (χ2v) is 7.13. The maximum Gasteiger partial charge on any atom is 0.228 e. The second kappa shape index (κ2) is 8.36. The molecule has 0 bridgehead atoms. The first-order valence-corrected chi connectivity index (χ1v) is 9.91. The van der Waals surface area contributed by atoms with Gasteiger partial charge < -0.3 is 9.64 Å². The lowest BCUT2D eigenvalue weighted by Gasteiger charge is -2.21. The molecule has 5 nitrogen and oxygen atoms in total. The van der Waals surface area contributed by atoms with E-state index < -0.39 is 0 Å². The molecule has 26 heavy (non-hydrogen) atoms. The highest BCUT2D eigenvalue weighted by molar-refractivity contribution is 7.15. The van der Waals surface area contributed by atoms with Gasteiger partial charge in [-0.2, -0.15) is 0 Å². The summed E-state index contributed by atoms with van der Waals surface area (Å²) in [5.74, 6) is 1.01. The average molecular weight is 372 g/mol. The van der Waals surface area contributed by atoms with Crippen LogP contribution in [0.3, 0.4) is 0 Å². The third-order valence-electron chi connectivity index (χ3n) is 4.34. The molecule has 0 saturated heterocycles. The Morgan fingerprint density at radius 3 is 2.50 bits per heavy atom. The zero-order valence-corrected chi connectivity index (χ0v) is 16.4. The molecule has 0 aliphatic carbocycles. The van der Waals surface area contributed by atoms with Crippen LogP contribution in [-0.2, 0) is 11.2 Å². The first-order valence-electron chi connectivity index (χ1n) is 9.04. The van der Waals surface area contributed by atoms with Crippen molar-refractivity contribution in [1.29, 1.82) is 0 Å². The van der Waals surface area contributed by atoms with Gasteiger partial charge in [-0.15, -0.1) is 11.3 Å². The van der Waals surface area contributed by atoms with E-state index in [1.54, 1.807) is 18.4 Å². The Kier molecular flexibility index (Phi) is 5.93. The van der Waals surface area contributed by atoms with E-state index in [2.05, 4.69) is 13.8 Å². The Bertz CT molecular complexity index is 861. The van der Waals surface area contributed by atoms with Crippen molar-refractivity contribution in [1.82, 2.24) is 14.3 Å². The number of nitrogens with zero attached hydrogens (tertiary/aromatic N) is 3. The van der Waals surface area contributed by atoms with E-state index in [1.807, 2.05) is 45.1 Å². The molecule has 1 amide bonds. The monoisotopic (exact) mass is 371 g/mol. The molecule has 2 heterocycles. The van der Waals surface area contributed by atoms with Gasteiger partial charge in [0.1, 0.15) is 5.75 Å². The molecular weight excluding hydrogens is 346 g/mol. The summed E-state index contributed by atoms with van der Waals surface area (Å²) in [6.07, 6.45) is 4.40. The van der Waals surface area contributed by atoms with E-state index in [0.29, 0.717) is 6.42 Å². The highest BCUT2D eigenvalue weighted by atomic mass is 32.1. The van der Waals surface area contributed by atoms with Gasteiger partial charge in [0, 0.05) is 35.9 Å². The summed E-state index contributed by atoms with van der Waals surface area (Å²) >= 11 is 1.57. The SMILES string of the molecule is CCCN(CCC)C(=O)Cc1csc2nc(-c3ccc(OC)cc3)cn12. The lowest BCUT2D eigenvalue weighted by Crippen LogP contribution is -2.33. The maximum absolute atomic E-state index is 12.7. The van der Waals surface area contributed by atoms with E-state index in [0.717, 1.165) is 53.6 Å². The number of hydrogen-bond donors (Lipinski definition) is 0. The summed E-state index contributed by atoms with van der Waals surface area (Å²) in [5.41, 5.74) is 2.95. The average Bonchev–Trinajstić information content (AvgIpc) is 3.23. The predicted molar refractivity (Wildman–Crippen MR) is 106 cm³/mol. The van der Waals surface area contributed by atoms with Gasteiger partial charge in [-0.3, -0.25) is 9.20 Å². The topological polar surface area (TPSA) is 46.8 Å². The number of carbonyl (C=O) groups is 1. The Morgan fingerprint density at radius 1 is 1.19 bits per heavy atom. The van der Waals surface area contributed by atoms with Crippen molar-refractivity contribution in [2.75, 3.05) is 20.2 Å². The number of rotatable bonds is 8. The predicted octanol–water partition coefficient (Wildman–Crippen LogP) is 4.26. The van der Waals surface area contributed by atoms with Crippen molar-refractivity contribution in [3.63, 3.8) is 0 Å². The quantitative estimate of drug-likeness (QED) is 0.594. The lowest BCUT2D eigenvalue weighted by atomic mass is 10.1. The Balaban J connectivity index is 1.81. The van der Waals surface area contributed by atoms with E-state index in [-0.39, 0.29) is 5.91 Å². The van der Waals surface area contributed by atoms with Crippen molar-refractivity contribution in [3.8, 4) is 17.0 Å². The Hall–Kier alpha value is -2.34. The number of carbonyl (C=O) groups excluding carboxylic acids is 1. The maximum atomic E-state index is 12.7. The standard InChI is InChI=1S/C20H25N3O2S/c1-4-10-22(11-5-2)19(24)12-16-14-26-20-21-18(13-23(16)20)15-6-8-17(25-3)9-7-15/h6-9,13-14H,4-5,10-12H2,1-3H3. The number of thiazole rings is 1. The first kappa shape index (κ1) is 18.5. The van der Waals surface area contributed by atoms with Crippen molar-refractivity contribution in [2.45, 2.75) is 33.1 Å². The molecule has 138 valence electrons. The fourth-order valence-electron chi connectivity index (χ4n) is 3.03. The molecule has 0 aliphatic heterocycles. The molecule has 2 aromatic heterocycles. The molecular formula is C20H25N3O2S. The minimum atomic E-state index is 0.188. The largest absolute Gasteiger partial charge is 0.497 e. The first-order chi connectivity index (χ1) is 12.7. The third kappa shape index (κ3) is 3.90. The summed E-state index contributed by atoms with van der Waals surface area (Å²) in [6, 6.07) is 7.86. The fourth-order valence-corrected chi connectivity index (χ4v) is 3.90. The molecule has 0 saturated carbocycles. The molecule has 1 aromatic carbocycles. The van der Waals surface area contributed by atoms with Crippen LogP contribution in [0.15, 0.2) is 35.8 Å². The summed E-state index contributed by atoms with van der Waals surface area (Å²) < 4.78 is 7.25. The summed E-state index contributed by atoms with van der Waals surface area (Å²) in [7, 11) is 1.66. The van der Waals surface area contributed by atoms with Crippen LogP contribution in [0.4, 0.5) is 0 Å². The zero-order chi connectivity index (χ0) is 18.5. The van der Waals surface area contributed by atoms with Gasteiger partial charge in [-0.05, 0) is 37.1 Å². The molecule has 0 N–H and O–H groups in total. The molecule has 3 aromatic rings. The highest BCUT2D eigenvalue weighted by Crippen LogP contribution is 2.25. The number of methoxy groups -OCH3 is 1. The van der Waals surface area contributed by atoms with Crippen molar-refractivity contribution < 1.29 is 9.53 Å². The third-order valence-corrected chi connectivity index (χ3v) is 5.23. The molecule has 0 spiro atoms. The van der Waals surface area contributed by atoms with Gasteiger partial charge in [0.25, 0.3) is 0 Å². The van der Waals surface area contributed by atoms with Gasteiger partial charge in [0.05, 0.1) is 19.2 Å². The molecule has 0 aliphatic rings. The van der Waals surface area contributed by atoms with Gasteiger partial charge in [-0.25, -0.2) is 4.98 Å². The summed E-state index contributed by atoms with van der Waals surface area (Å²) in [5, 5.41) is 2.04. The zero-order valence-electron chi connectivity index (χ0n) is 15.6. The van der Waals surface area contributed by atoms with Crippen molar-refractivity contribution in [2.24, 2.45) is 0 Å². The number of aromatic nitrogens is 2. The lowest BCUT2D eigenvalue weighted by molar-refractivity contribution is -0.130. The normalized spacial score (nSPS) is 11.0. The van der Waals surface area contributed by atoms with Gasteiger partial charge in [0.2, 0.25) is 5.91 Å². The van der Waals surface area contributed by atoms with Crippen LogP contribution >= 0.6 is 11.3 Å². The van der Waals surface area contributed by atoms with Gasteiger partial charge in [-0.1, -0.05) is 13.8 Å². The number of imidazole rings is 1. The van der Waals surface area contributed by atoms with E-state index in [9.17, 15) is 4.79 Å². The second-order valence-electron chi connectivity index (χ2n) is 6.29. The minimum Gasteiger partial charge on any atom is -0.497 e. The molecule has 0 radical (unpaired) electrons. The number of fused-ring (bicyclic) bond motifs is 1. The molecule has 0 atom stereocenters. The number of benzene rings is 1.